The molecule has 3 nitrogen and oxygen atoms in total. The highest BCUT2D eigenvalue weighted by Crippen LogP contribution is 2.28. The van der Waals surface area contributed by atoms with Gasteiger partial charge in [0.15, 0.2) is 0 Å². The zero-order valence-electron chi connectivity index (χ0n) is 13.7. The summed E-state index contributed by atoms with van der Waals surface area (Å²) < 4.78 is 0. The highest BCUT2D eigenvalue weighted by molar-refractivity contribution is 6.31. The molecule has 2 heterocycles. The number of rotatable bonds is 2. The molecule has 24 heavy (non-hydrogen) atoms. The largest absolute Gasteiger partial charge is 0.367 e. The standard InChI is InChI=1S/C20H22ClN3/c21-16-9-10-18-17(13-16)20(15-7-3-1-4-8-15)22-14-19(23-18)24-11-5-2-6-12-24/h1,3-4,7-10,13,19,23H,2,5-6,11-12,14H2. The molecule has 1 atom stereocenters. The smallest absolute Gasteiger partial charge is 0.0994 e. The third-order valence-electron chi connectivity index (χ3n) is 4.86. The molecule has 1 fully saturated rings. The quantitative estimate of drug-likeness (QED) is 0.877. The number of anilines is 1. The number of piperidine rings is 1. The normalized spacial score (nSPS) is 21.4. The van der Waals surface area contributed by atoms with Crippen molar-refractivity contribution in [2.24, 2.45) is 4.99 Å². The SMILES string of the molecule is Clc1ccc2c(c1)C(c1ccccc1)=NCC(N1CCCCC1)N2. The summed E-state index contributed by atoms with van der Waals surface area (Å²) in [6.45, 7) is 3.06. The van der Waals surface area contributed by atoms with Gasteiger partial charge in [-0.3, -0.25) is 9.89 Å². The van der Waals surface area contributed by atoms with E-state index in [0.717, 1.165) is 47.2 Å². The van der Waals surface area contributed by atoms with Crippen molar-refractivity contribution in [3.05, 3.63) is 64.7 Å². The lowest BCUT2D eigenvalue weighted by atomic mass is 10.0. The molecule has 0 aromatic heterocycles. The van der Waals surface area contributed by atoms with Crippen LogP contribution in [0.15, 0.2) is 53.5 Å². The fourth-order valence-corrected chi connectivity index (χ4v) is 3.78. The fraction of sp³-hybridized carbons (Fsp3) is 0.350. The molecule has 0 spiro atoms. The van der Waals surface area contributed by atoms with E-state index in [1.54, 1.807) is 0 Å². The van der Waals surface area contributed by atoms with E-state index >= 15 is 0 Å². The number of fused-ring (bicyclic) bond motifs is 1. The van der Waals surface area contributed by atoms with Crippen molar-refractivity contribution < 1.29 is 0 Å². The Balaban J connectivity index is 1.74. The van der Waals surface area contributed by atoms with Gasteiger partial charge in [-0.1, -0.05) is 48.4 Å². The predicted octanol–water partition coefficient (Wildman–Crippen LogP) is 4.41. The average molecular weight is 340 g/mol. The van der Waals surface area contributed by atoms with Gasteiger partial charge in [0, 0.05) is 34.9 Å². The van der Waals surface area contributed by atoms with Crippen LogP contribution in [0.2, 0.25) is 5.02 Å². The van der Waals surface area contributed by atoms with Crippen LogP contribution < -0.4 is 5.32 Å². The molecule has 2 aromatic carbocycles. The summed E-state index contributed by atoms with van der Waals surface area (Å²) in [6, 6.07) is 16.4. The van der Waals surface area contributed by atoms with Crippen LogP contribution in [0.5, 0.6) is 0 Å². The number of benzodiazepines with no additional fused rings is 1. The van der Waals surface area contributed by atoms with Crippen molar-refractivity contribution in [1.29, 1.82) is 0 Å². The summed E-state index contributed by atoms with van der Waals surface area (Å²) in [5.74, 6) is 0. The van der Waals surface area contributed by atoms with E-state index in [0.29, 0.717) is 0 Å². The zero-order chi connectivity index (χ0) is 16.4. The van der Waals surface area contributed by atoms with E-state index in [-0.39, 0.29) is 6.17 Å². The molecule has 0 radical (unpaired) electrons. The van der Waals surface area contributed by atoms with Crippen LogP contribution in [0, 0.1) is 0 Å². The van der Waals surface area contributed by atoms with E-state index < -0.39 is 0 Å². The molecule has 1 N–H and O–H groups in total. The highest BCUT2D eigenvalue weighted by atomic mass is 35.5. The summed E-state index contributed by atoms with van der Waals surface area (Å²) in [5, 5.41) is 4.45. The Hall–Kier alpha value is -1.84. The minimum absolute atomic E-state index is 0.256. The van der Waals surface area contributed by atoms with E-state index in [2.05, 4.69) is 40.5 Å². The molecule has 4 heteroatoms. The Bertz CT molecular complexity index is 736. The molecule has 0 amide bonds. The molecule has 1 saturated heterocycles. The van der Waals surface area contributed by atoms with Crippen molar-refractivity contribution in [1.82, 2.24) is 4.90 Å². The maximum absolute atomic E-state index is 6.27. The van der Waals surface area contributed by atoms with Crippen molar-refractivity contribution in [2.45, 2.75) is 25.4 Å². The summed E-state index contributed by atoms with van der Waals surface area (Å²) in [4.78, 5) is 7.51. The number of nitrogens with zero attached hydrogens (tertiary/aromatic N) is 2. The molecule has 2 aromatic rings. The summed E-state index contributed by atoms with van der Waals surface area (Å²) >= 11 is 6.27. The van der Waals surface area contributed by atoms with E-state index in [1.807, 2.05) is 18.2 Å². The topological polar surface area (TPSA) is 27.6 Å². The van der Waals surface area contributed by atoms with Gasteiger partial charge >= 0.3 is 0 Å². The number of hydrogen-bond acceptors (Lipinski definition) is 3. The molecule has 2 aliphatic rings. The first-order chi connectivity index (χ1) is 11.8. The Morgan fingerprint density at radius 3 is 2.58 bits per heavy atom. The van der Waals surface area contributed by atoms with Crippen LogP contribution in [0.4, 0.5) is 5.69 Å². The monoisotopic (exact) mass is 339 g/mol. The number of aliphatic imine (C=N–C) groups is 1. The van der Waals surface area contributed by atoms with Crippen LogP contribution in [0.3, 0.4) is 0 Å². The highest BCUT2D eigenvalue weighted by Gasteiger charge is 2.25. The molecular weight excluding hydrogens is 318 g/mol. The second-order valence-electron chi connectivity index (χ2n) is 6.50. The lowest BCUT2D eigenvalue weighted by Gasteiger charge is -2.34. The average Bonchev–Trinajstić information content (AvgIpc) is 2.82. The van der Waals surface area contributed by atoms with Gasteiger partial charge < -0.3 is 5.32 Å². The van der Waals surface area contributed by atoms with E-state index in [4.69, 9.17) is 16.6 Å². The minimum Gasteiger partial charge on any atom is -0.367 e. The van der Waals surface area contributed by atoms with Gasteiger partial charge in [0.25, 0.3) is 0 Å². The predicted molar refractivity (Wildman–Crippen MR) is 101 cm³/mol. The van der Waals surface area contributed by atoms with Gasteiger partial charge in [-0.15, -0.1) is 0 Å². The first-order valence-corrected chi connectivity index (χ1v) is 9.09. The maximum atomic E-state index is 6.27. The second-order valence-corrected chi connectivity index (χ2v) is 6.94. The van der Waals surface area contributed by atoms with Gasteiger partial charge in [0.2, 0.25) is 0 Å². The zero-order valence-corrected chi connectivity index (χ0v) is 14.5. The van der Waals surface area contributed by atoms with Crippen molar-refractivity contribution >= 4 is 23.0 Å². The van der Waals surface area contributed by atoms with Gasteiger partial charge in [-0.25, -0.2) is 0 Å². The Morgan fingerprint density at radius 1 is 1.00 bits per heavy atom. The van der Waals surface area contributed by atoms with Crippen LogP contribution >= 0.6 is 11.6 Å². The first-order valence-electron chi connectivity index (χ1n) is 8.72. The summed E-state index contributed by atoms with van der Waals surface area (Å²) in [5.41, 5.74) is 4.38. The van der Waals surface area contributed by atoms with E-state index in [1.165, 1.54) is 19.3 Å². The molecule has 1 unspecified atom stereocenters. The fourth-order valence-electron chi connectivity index (χ4n) is 3.61. The van der Waals surface area contributed by atoms with Gasteiger partial charge in [0.05, 0.1) is 18.4 Å². The summed E-state index contributed by atoms with van der Waals surface area (Å²) in [6.07, 6.45) is 4.15. The third-order valence-corrected chi connectivity index (χ3v) is 5.09. The number of nitrogens with one attached hydrogen (secondary N) is 1. The van der Waals surface area contributed by atoms with Crippen molar-refractivity contribution in [3.8, 4) is 0 Å². The Kier molecular flexibility index (Phi) is 4.54. The van der Waals surface area contributed by atoms with Gasteiger partial charge in [-0.2, -0.15) is 0 Å². The molecule has 2 aliphatic heterocycles. The van der Waals surface area contributed by atoms with E-state index in [9.17, 15) is 0 Å². The van der Waals surface area contributed by atoms with Crippen molar-refractivity contribution in [3.63, 3.8) is 0 Å². The molecule has 0 saturated carbocycles. The van der Waals surface area contributed by atoms with Gasteiger partial charge in [0.1, 0.15) is 0 Å². The maximum Gasteiger partial charge on any atom is 0.0994 e. The Labute approximate surface area is 148 Å². The Morgan fingerprint density at radius 2 is 1.79 bits per heavy atom. The number of hydrogen-bond donors (Lipinski definition) is 1. The lowest BCUT2D eigenvalue weighted by Crippen LogP contribution is -2.45. The van der Waals surface area contributed by atoms with Crippen LogP contribution in [0.1, 0.15) is 30.4 Å². The second kappa shape index (κ2) is 6.96. The first kappa shape index (κ1) is 15.7. The van der Waals surface area contributed by atoms with Gasteiger partial charge in [-0.05, 0) is 31.0 Å². The van der Waals surface area contributed by atoms with Crippen LogP contribution in [-0.2, 0) is 0 Å². The summed E-state index contributed by atoms with van der Waals surface area (Å²) in [7, 11) is 0. The molecule has 124 valence electrons. The number of likely N-dealkylation sites (tertiary alicyclic amines) is 1. The third kappa shape index (κ3) is 3.19. The molecule has 0 bridgehead atoms. The minimum atomic E-state index is 0.256. The van der Waals surface area contributed by atoms with Crippen molar-refractivity contribution in [2.75, 3.05) is 25.0 Å². The molecule has 4 rings (SSSR count). The number of halogens is 1. The van der Waals surface area contributed by atoms with Crippen LogP contribution in [-0.4, -0.2) is 36.4 Å². The molecular formula is C20H22ClN3. The molecule has 0 aliphatic carbocycles. The number of benzene rings is 2. The lowest BCUT2D eigenvalue weighted by molar-refractivity contribution is 0.184. The van der Waals surface area contributed by atoms with Crippen LogP contribution in [0.25, 0.3) is 0 Å².